The van der Waals surface area contributed by atoms with Gasteiger partial charge in [0.15, 0.2) is 34.5 Å². The van der Waals surface area contributed by atoms with Crippen LogP contribution in [0.25, 0.3) is 22.2 Å². The number of aromatic amines is 1. The number of hydrogen-bond donors (Lipinski definition) is 3. The number of halogens is 2. The molecule has 1 amide bonds. The minimum atomic E-state index is -1.00. The van der Waals surface area contributed by atoms with Gasteiger partial charge >= 0.3 is 0 Å². The Labute approximate surface area is 221 Å². The second-order valence-electron chi connectivity index (χ2n) is 8.76. The number of nitrogens with zero attached hydrogens (tertiary/aromatic N) is 6. The van der Waals surface area contributed by atoms with Crippen LogP contribution in [0.5, 0.6) is 0 Å². The molecule has 0 aliphatic rings. The lowest BCUT2D eigenvalue weighted by atomic mass is 10.0. The molecule has 0 unspecified atom stereocenters. The molecule has 0 aliphatic heterocycles. The molecular formula is C27H21F2N9O. The van der Waals surface area contributed by atoms with Crippen molar-refractivity contribution < 1.29 is 13.6 Å². The first kappa shape index (κ1) is 25.2. The molecule has 3 aromatic heterocycles. The van der Waals surface area contributed by atoms with Gasteiger partial charge in [0.05, 0.1) is 11.6 Å². The summed E-state index contributed by atoms with van der Waals surface area (Å²) in [4.78, 5) is 27.2. The number of nitriles is 1. The Bertz CT molecular complexity index is 1730. The smallest absolute Gasteiger partial charge is 0.276 e. The summed E-state index contributed by atoms with van der Waals surface area (Å²) in [5.41, 5.74) is 9.47. The average Bonchev–Trinajstić information content (AvgIpc) is 3.33. The van der Waals surface area contributed by atoms with Crippen molar-refractivity contribution in [2.75, 3.05) is 18.1 Å². The standard InChI is InChI=1S/C27H21F2N9O/c1-38(14-16-4-7-21(28)22(29)8-16)27(39)23-26(34-13-19(10-30)35-23)32-11-15-2-5-17(6-3-15)18-9-20-24(31)36-37-25(20)33-12-18/h2-9,12-13H,11,14H2,1H3,(H,32,34)(H3,31,33,36,37). The van der Waals surface area contributed by atoms with E-state index in [4.69, 9.17) is 5.73 Å². The second kappa shape index (κ2) is 10.5. The number of anilines is 2. The van der Waals surface area contributed by atoms with Crippen LogP contribution in [0.4, 0.5) is 20.4 Å². The van der Waals surface area contributed by atoms with E-state index in [2.05, 4.69) is 30.5 Å². The molecule has 10 nitrogen and oxygen atoms in total. The molecule has 4 N–H and O–H groups in total. The third-order valence-corrected chi connectivity index (χ3v) is 6.03. The number of H-pyrrole nitrogens is 1. The molecule has 3 heterocycles. The van der Waals surface area contributed by atoms with Crippen molar-refractivity contribution in [3.63, 3.8) is 0 Å². The summed E-state index contributed by atoms with van der Waals surface area (Å²) in [6.07, 6.45) is 2.99. The molecule has 0 fully saturated rings. The number of nitrogen functional groups attached to an aromatic ring is 1. The SMILES string of the molecule is CN(Cc1ccc(F)c(F)c1)C(=O)c1nc(C#N)cnc1NCc1ccc(-c2cnc3n[nH]c(N)c3c2)cc1. The molecule has 0 bridgehead atoms. The van der Waals surface area contributed by atoms with Gasteiger partial charge in [0.25, 0.3) is 5.91 Å². The molecule has 5 aromatic rings. The third kappa shape index (κ3) is 5.33. The maximum absolute atomic E-state index is 13.6. The van der Waals surface area contributed by atoms with Crippen molar-refractivity contribution in [2.45, 2.75) is 13.1 Å². The normalized spacial score (nSPS) is 10.8. The summed E-state index contributed by atoms with van der Waals surface area (Å²) in [7, 11) is 1.50. The van der Waals surface area contributed by atoms with Crippen LogP contribution in [-0.2, 0) is 13.1 Å². The summed E-state index contributed by atoms with van der Waals surface area (Å²) in [6.45, 7) is 0.320. The van der Waals surface area contributed by atoms with Crippen molar-refractivity contribution in [3.05, 3.63) is 95.1 Å². The van der Waals surface area contributed by atoms with Gasteiger partial charge in [-0.2, -0.15) is 10.4 Å². The predicted octanol–water partition coefficient (Wildman–Crippen LogP) is 4.03. The topological polar surface area (TPSA) is 150 Å². The first-order chi connectivity index (χ1) is 18.8. The number of nitrogens with one attached hydrogen (secondary N) is 2. The first-order valence-corrected chi connectivity index (χ1v) is 11.7. The number of hydrogen-bond acceptors (Lipinski definition) is 8. The molecule has 0 atom stereocenters. The molecular weight excluding hydrogens is 504 g/mol. The summed E-state index contributed by atoms with van der Waals surface area (Å²) in [6, 6.07) is 14.9. The van der Waals surface area contributed by atoms with E-state index in [1.165, 1.54) is 24.2 Å². The fourth-order valence-electron chi connectivity index (χ4n) is 3.96. The van der Waals surface area contributed by atoms with Crippen LogP contribution >= 0.6 is 0 Å². The highest BCUT2D eigenvalue weighted by Gasteiger charge is 2.21. The quantitative estimate of drug-likeness (QED) is 0.288. The maximum Gasteiger partial charge on any atom is 0.276 e. The molecule has 0 spiro atoms. The largest absolute Gasteiger partial charge is 0.384 e. The Morgan fingerprint density at radius 1 is 1.05 bits per heavy atom. The molecule has 194 valence electrons. The monoisotopic (exact) mass is 525 g/mol. The van der Waals surface area contributed by atoms with Crippen LogP contribution in [0.1, 0.15) is 27.3 Å². The summed E-state index contributed by atoms with van der Waals surface area (Å²) >= 11 is 0. The number of amides is 1. The minimum Gasteiger partial charge on any atom is -0.384 e. The number of carbonyl (C=O) groups is 1. The Morgan fingerprint density at radius 3 is 2.56 bits per heavy atom. The first-order valence-electron chi connectivity index (χ1n) is 11.7. The van der Waals surface area contributed by atoms with E-state index in [1.807, 2.05) is 36.4 Å². The van der Waals surface area contributed by atoms with Gasteiger partial charge in [0.2, 0.25) is 0 Å². The van der Waals surface area contributed by atoms with Gasteiger partial charge in [0, 0.05) is 31.9 Å². The van der Waals surface area contributed by atoms with E-state index in [0.717, 1.165) is 34.2 Å². The molecule has 0 aliphatic carbocycles. The van der Waals surface area contributed by atoms with Crippen molar-refractivity contribution in [1.29, 1.82) is 5.26 Å². The highest BCUT2D eigenvalue weighted by molar-refractivity contribution is 5.96. The molecule has 12 heteroatoms. The summed E-state index contributed by atoms with van der Waals surface area (Å²) in [5.74, 6) is -1.88. The zero-order valence-corrected chi connectivity index (χ0v) is 20.6. The van der Waals surface area contributed by atoms with Crippen LogP contribution in [0.15, 0.2) is 60.9 Å². The second-order valence-corrected chi connectivity index (χ2v) is 8.76. The summed E-state index contributed by atoms with van der Waals surface area (Å²) in [5, 5.41) is 19.9. The Morgan fingerprint density at radius 2 is 1.82 bits per heavy atom. The summed E-state index contributed by atoms with van der Waals surface area (Å²) < 4.78 is 26.9. The van der Waals surface area contributed by atoms with E-state index in [1.54, 1.807) is 6.20 Å². The number of aromatic nitrogens is 5. The highest BCUT2D eigenvalue weighted by atomic mass is 19.2. The van der Waals surface area contributed by atoms with Crippen molar-refractivity contribution >= 4 is 28.6 Å². The molecule has 5 rings (SSSR count). The van der Waals surface area contributed by atoms with E-state index in [-0.39, 0.29) is 23.8 Å². The molecule has 39 heavy (non-hydrogen) atoms. The van der Waals surface area contributed by atoms with Gasteiger partial charge in [-0.15, -0.1) is 0 Å². The van der Waals surface area contributed by atoms with Crippen molar-refractivity contribution in [1.82, 2.24) is 30.0 Å². The van der Waals surface area contributed by atoms with E-state index in [0.29, 0.717) is 23.6 Å². The molecule has 0 saturated carbocycles. The Balaban J connectivity index is 1.31. The van der Waals surface area contributed by atoms with Crippen molar-refractivity contribution in [2.24, 2.45) is 0 Å². The minimum absolute atomic E-state index is 0.000509. The van der Waals surface area contributed by atoms with E-state index < -0.39 is 17.5 Å². The van der Waals surface area contributed by atoms with Crippen LogP contribution < -0.4 is 11.1 Å². The number of fused-ring (bicyclic) bond motifs is 1. The number of carbonyl (C=O) groups excluding carboxylic acids is 1. The van der Waals surface area contributed by atoms with Crippen molar-refractivity contribution in [3.8, 4) is 17.2 Å². The lowest BCUT2D eigenvalue weighted by molar-refractivity contribution is 0.0779. The van der Waals surface area contributed by atoms with Gasteiger partial charge in [-0.1, -0.05) is 30.3 Å². The van der Waals surface area contributed by atoms with Crippen LogP contribution in [0.3, 0.4) is 0 Å². The van der Waals surface area contributed by atoms with Crippen LogP contribution in [0.2, 0.25) is 0 Å². The number of benzene rings is 2. The van der Waals surface area contributed by atoms with Gasteiger partial charge in [-0.25, -0.2) is 23.7 Å². The Kier molecular flexibility index (Phi) is 6.79. The zero-order valence-electron chi connectivity index (χ0n) is 20.6. The fourth-order valence-corrected chi connectivity index (χ4v) is 3.96. The zero-order chi connectivity index (χ0) is 27.5. The third-order valence-electron chi connectivity index (χ3n) is 6.03. The van der Waals surface area contributed by atoms with E-state index in [9.17, 15) is 18.8 Å². The molecule has 0 radical (unpaired) electrons. The fraction of sp³-hybridized carbons (Fsp3) is 0.111. The molecule has 2 aromatic carbocycles. The lowest BCUT2D eigenvalue weighted by Gasteiger charge is -2.19. The average molecular weight is 526 g/mol. The van der Waals surface area contributed by atoms with Crippen LogP contribution in [-0.4, -0.2) is 43.0 Å². The Hall–Kier alpha value is -5.44. The number of pyridine rings is 1. The highest BCUT2D eigenvalue weighted by Crippen LogP contribution is 2.25. The lowest BCUT2D eigenvalue weighted by Crippen LogP contribution is -2.28. The van der Waals surface area contributed by atoms with Gasteiger partial charge < -0.3 is 16.0 Å². The van der Waals surface area contributed by atoms with Crippen LogP contribution in [0, 0.1) is 23.0 Å². The van der Waals surface area contributed by atoms with Gasteiger partial charge in [-0.05, 0) is 34.9 Å². The number of rotatable bonds is 7. The van der Waals surface area contributed by atoms with E-state index >= 15 is 0 Å². The number of nitrogens with two attached hydrogens (primary N) is 1. The van der Waals surface area contributed by atoms with Gasteiger partial charge in [-0.3, -0.25) is 9.89 Å². The maximum atomic E-state index is 13.6. The molecule has 0 saturated heterocycles. The predicted molar refractivity (Wildman–Crippen MR) is 140 cm³/mol. The van der Waals surface area contributed by atoms with Gasteiger partial charge in [0.1, 0.15) is 11.9 Å².